The SMILES string of the molecule is CC(C)C[C@@H]1NC(=O)[C@@H](CC(C)C)NC1=O. The molecule has 0 saturated carbocycles. The molecule has 0 aromatic carbocycles. The van der Waals surface area contributed by atoms with Gasteiger partial charge in [0.05, 0.1) is 0 Å². The normalized spacial score (nSPS) is 25.9. The van der Waals surface area contributed by atoms with E-state index in [1.165, 1.54) is 0 Å². The molecule has 1 aliphatic heterocycles. The van der Waals surface area contributed by atoms with Gasteiger partial charge in [0, 0.05) is 0 Å². The highest BCUT2D eigenvalue weighted by atomic mass is 16.2. The second-order valence-electron chi connectivity index (χ2n) is 5.38. The number of rotatable bonds is 4. The number of hydrogen-bond donors (Lipinski definition) is 2. The second-order valence-corrected chi connectivity index (χ2v) is 5.38. The van der Waals surface area contributed by atoms with E-state index in [4.69, 9.17) is 0 Å². The maximum atomic E-state index is 11.7. The quantitative estimate of drug-likeness (QED) is 0.753. The summed E-state index contributed by atoms with van der Waals surface area (Å²) in [6.45, 7) is 8.17. The van der Waals surface area contributed by atoms with E-state index in [0.717, 1.165) is 0 Å². The molecule has 16 heavy (non-hydrogen) atoms. The maximum absolute atomic E-state index is 11.7. The van der Waals surface area contributed by atoms with E-state index in [-0.39, 0.29) is 23.9 Å². The number of carbonyl (C=O) groups is 2. The lowest BCUT2D eigenvalue weighted by atomic mass is 9.96. The van der Waals surface area contributed by atoms with Gasteiger partial charge in [-0.2, -0.15) is 0 Å². The summed E-state index contributed by atoms with van der Waals surface area (Å²) in [5.41, 5.74) is 0. The third-order valence-electron chi connectivity index (χ3n) is 2.68. The van der Waals surface area contributed by atoms with Gasteiger partial charge >= 0.3 is 0 Å². The topological polar surface area (TPSA) is 58.2 Å². The number of nitrogens with one attached hydrogen (secondary N) is 2. The van der Waals surface area contributed by atoms with E-state index >= 15 is 0 Å². The standard InChI is InChI=1S/C12H22N2O2/c1-7(2)5-9-11(15)14-10(6-8(3)4)12(16)13-9/h7-10H,5-6H2,1-4H3,(H,13,16)(H,14,15)/t9-,10+. The third kappa shape index (κ3) is 3.51. The van der Waals surface area contributed by atoms with Crippen LogP contribution in [-0.4, -0.2) is 23.9 Å². The van der Waals surface area contributed by atoms with Crippen molar-refractivity contribution in [2.75, 3.05) is 0 Å². The van der Waals surface area contributed by atoms with Gasteiger partial charge in [0.2, 0.25) is 11.8 Å². The smallest absolute Gasteiger partial charge is 0.243 e. The molecule has 2 amide bonds. The minimum Gasteiger partial charge on any atom is -0.343 e. The molecule has 0 spiro atoms. The Morgan fingerprint density at radius 1 is 0.875 bits per heavy atom. The molecule has 0 aromatic heterocycles. The zero-order valence-electron chi connectivity index (χ0n) is 10.5. The molecule has 2 N–H and O–H groups in total. The summed E-state index contributed by atoms with van der Waals surface area (Å²) in [6.07, 6.45) is 1.40. The highest BCUT2D eigenvalue weighted by Gasteiger charge is 2.33. The van der Waals surface area contributed by atoms with Gasteiger partial charge in [-0.15, -0.1) is 0 Å². The molecule has 0 aliphatic carbocycles. The summed E-state index contributed by atoms with van der Waals surface area (Å²) in [5.74, 6) is 0.716. The molecule has 1 saturated heterocycles. The summed E-state index contributed by atoms with van der Waals surface area (Å²) in [6, 6.07) is -0.702. The van der Waals surface area contributed by atoms with Crippen LogP contribution in [0.3, 0.4) is 0 Å². The predicted molar refractivity (Wildman–Crippen MR) is 62.8 cm³/mol. The minimum atomic E-state index is -0.351. The van der Waals surface area contributed by atoms with Gasteiger partial charge in [0.25, 0.3) is 0 Å². The lowest BCUT2D eigenvalue weighted by molar-refractivity contribution is -0.137. The second kappa shape index (κ2) is 5.32. The minimum absolute atomic E-state index is 0.0426. The van der Waals surface area contributed by atoms with Crippen molar-refractivity contribution in [3.8, 4) is 0 Å². The van der Waals surface area contributed by atoms with Gasteiger partial charge < -0.3 is 10.6 Å². The molecule has 0 radical (unpaired) electrons. The van der Waals surface area contributed by atoms with Gasteiger partial charge in [0.1, 0.15) is 12.1 Å². The Kier molecular flexibility index (Phi) is 4.33. The monoisotopic (exact) mass is 226 g/mol. The molecule has 4 heteroatoms. The van der Waals surface area contributed by atoms with E-state index in [2.05, 4.69) is 10.6 Å². The zero-order valence-corrected chi connectivity index (χ0v) is 10.5. The largest absolute Gasteiger partial charge is 0.343 e. The van der Waals surface area contributed by atoms with Crippen molar-refractivity contribution in [3.05, 3.63) is 0 Å². The molecule has 1 heterocycles. The lowest BCUT2D eigenvalue weighted by Crippen LogP contribution is -2.62. The molecule has 0 aromatic rings. The van der Waals surface area contributed by atoms with Gasteiger partial charge in [-0.1, -0.05) is 27.7 Å². The van der Waals surface area contributed by atoms with Crippen molar-refractivity contribution in [1.29, 1.82) is 0 Å². The summed E-state index contributed by atoms with van der Waals surface area (Å²) in [7, 11) is 0. The first-order chi connectivity index (χ1) is 7.40. The molecule has 0 bridgehead atoms. The van der Waals surface area contributed by atoms with Crippen LogP contribution in [-0.2, 0) is 9.59 Å². The Morgan fingerprint density at radius 2 is 1.19 bits per heavy atom. The molecule has 1 aliphatic rings. The van der Waals surface area contributed by atoms with Crippen molar-refractivity contribution in [3.63, 3.8) is 0 Å². The first-order valence-electron chi connectivity index (χ1n) is 6.01. The Hall–Kier alpha value is -1.06. The first-order valence-corrected chi connectivity index (χ1v) is 6.01. The van der Waals surface area contributed by atoms with E-state index < -0.39 is 0 Å². The van der Waals surface area contributed by atoms with Crippen LogP contribution in [0.1, 0.15) is 40.5 Å². The van der Waals surface area contributed by atoms with E-state index in [0.29, 0.717) is 24.7 Å². The van der Waals surface area contributed by atoms with Gasteiger partial charge in [0.15, 0.2) is 0 Å². The van der Waals surface area contributed by atoms with Crippen LogP contribution in [0.4, 0.5) is 0 Å². The average molecular weight is 226 g/mol. The molecule has 2 atom stereocenters. The van der Waals surface area contributed by atoms with Crippen LogP contribution in [0.25, 0.3) is 0 Å². The average Bonchev–Trinajstić information content (AvgIpc) is 2.11. The number of piperazine rings is 1. The Bertz CT molecular complexity index is 246. The third-order valence-corrected chi connectivity index (χ3v) is 2.68. The zero-order chi connectivity index (χ0) is 12.3. The van der Waals surface area contributed by atoms with Gasteiger partial charge in [-0.3, -0.25) is 9.59 Å². The van der Waals surface area contributed by atoms with Crippen LogP contribution in [0.2, 0.25) is 0 Å². The lowest BCUT2D eigenvalue weighted by Gasteiger charge is -2.31. The Balaban J connectivity index is 2.56. The summed E-state index contributed by atoms with van der Waals surface area (Å²) in [5, 5.41) is 5.60. The Morgan fingerprint density at radius 3 is 1.44 bits per heavy atom. The fourth-order valence-corrected chi connectivity index (χ4v) is 1.95. The highest BCUT2D eigenvalue weighted by Crippen LogP contribution is 2.12. The van der Waals surface area contributed by atoms with Crippen molar-refractivity contribution >= 4 is 11.8 Å². The van der Waals surface area contributed by atoms with E-state index in [9.17, 15) is 9.59 Å². The van der Waals surface area contributed by atoms with Crippen LogP contribution < -0.4 is 10.6 Å². The summed E-state index contributed by atoms with van der Waals surface area (Å²) < 4.78 is 0. The molecule has 1 fully saturated rings. The van der Waals surface area contributed by atoms with Crippen LogP contribution in [0, 0.1) is 11.8 Å². The number of hydrogen-bond acceptors (Lipinski definition) is 2. The highest BCUT2D eigenvalue weighted by molar-refractivity contribution is 5.96. The summed E-state index contributed by atoms with van der Waals surface area (Å²) in [4.78, 5) is 23.5. The van der Waals surface area contributed by atoms with Crippen molar-refractivity contribution in [2.45, 2.75) is 52.6 Å². The molecule has 0 unspecified atom stereocenters. The van der Waals surface area contributed by atoms with Gasteiger partial charge in [-0.05, 0) is 24.7 Å². The fraction of sp³-hybridized carbons (Fsp3) is 0.833. The van der Waals surface area contributed by atoms with Crippen LogP contribution in [0.5, 0.6) is 0 Å². The number of amides is 2. The van der Waals surface area contributed by atoms with Crippen LogP contribution >= 0.6 is 0 Å². The molecular formula is C12H22N2O2. The molecule has 4 nitrogen and oxygen atoms in total. The van der Waals surface area contributed by atoms with E-state index in [1.807, 2.05) is 27.7 Å². The van der Waals surface area contributed by atoms with Gasteiger partial charge in [-0.25, -0.2) is 0 Å². The molecule has 1 rings (SSSR count). The molecule has 92 valence electrons. The Labute approximate surface area is 97.2 Å². The number of carbonyl (C=O) groups excluding carboxylic acids is 2. The van der Waals surface area contributed by atoms with Crippen LogP contribution in [0.15, 0.2) is 0 Å². The van der Waals surface area contributed by atoms with Crippen molar-refractivity contribution in [2.24, 2.45) is 11.8 Å². The fourth-order valence-electron chi connectivity index (χ4n) is 1.95. The first kappa shape index (κ1) is 13.0. The van der Waals surface area contributed by atoms with E-state index in [1.54, 1.807) is 0 Å². The van der Waals surface area contributed by atoms with Crippen molar-refractivity contribution < 1.29 is 9.59 Å². The van der Waals surface area contributed by atoms with Crippen molar-refractivity contribution in [1.82, 2.24) is 10.6 Å². The predicted octanol–water partition coefficient (Wildman–Crippen LogP) is 1.06. The summed E-state index contributed by atoms with van der Waals surface area (Å²) >= 11 is 0. The molecular weight excluding hydrogens is 204 g/mol. The maximum Gasteiger partial charge on any atom is 0.243 e.